The average Bonchev–Trinajstić information content (AvgIpc) is 2.86. The predicted molar refractivity (Wildman–Crippen MR) is 83.6 cm³/mol. The Morgan fingerprint density at radius 3 is 2.45 bits per heavy atom. The summed E-state index contributed by atoms with van der Waals surface area (Å²) < 4.78 is 15.5. The van der Waals surface area contributed by atoms with Crippen LogP contribution in [0, 0.1) is 5.82 Å². The minimum atomic E-state index is -0.330. The van der Waals surface area contributed by atoms with Gasteiger partial charge in [0.1, 0.15) is 17.3 Å². The van der Waals surface area contributed by atoms with Gasteiger partial charge in [-0.3, -0.25) is 4.79 Å². The Morgan fingerprint density at radius 2 is 1.77 bits per heavy atom. The molecule has 0 aliphatic rings. The maximum atomic E-state index is 13.9. The van der Waals surface area contributed by atoms with Gasteiger partial charge in [0.05, 0.1) is 6.54 Å². The first-order valence-corrected chi connectivity index (χ1v) is 7.08. The number of rotatable bonds is 4. The van der Waals surface area contributed by atoms with Crippen molar-refractivity contribution in [2.75, 3.05) is 0 Å². The number of imidazole rings is 1. The Bertz CT molecular complexity index is 815. The summed E-state index contributed by atoms with van der Waals surface area (Å²) in [5, 5.41) is 0.116. The van der Waals surface area contributed by atoms with E-state index in [1.54, 1.807) is 22.8 Å². The number of benzene rings is 2. The van der Waals surface area contributed by atoms with E-state index in [1.165, 1.54) is 6.07 Å². The van der Waals surface area contributed by atoms with Crippen molar-refractivity contribution in [1.29, 1.82) is 0 Å². The van der Waals surface area contributed by atoms with Gasteiger partial charge in [0.15, 0.2) is 11.4 Å². The van der Waals surface area contributed by atoms with Gasteiger partial charge in [0.2, 0.25) is 0 Å². The van der Waals surface area contributed by atoms with E-state index in [0.717, 1.165) is 5.56 Å². The molecule has 3 nitrogen and oxygen atoms in total. The average molecular weight is 315 g/mol. The summed E-state index contributed by atoms with van der Waals surface area (Å²) in [5.74, 6) is 0.208. The van der Waals surface area contributed by atoms with Crippen molar-refractivity contribution >= 4 is 17.9 Å². The van der Waals surface area contributed by atoms with Crippen LogP contribution in [0.5, 0.6) is 0 Å². The molecular weight excluding hydrogens is 303 g/mol. The van der Waals surface area contributed by atoms with E-state index in [4.69, 9.17) is 11.6 Å². The van der Waals surface area contributed by atoms with Crippen LogP contribution in [0.1, 0.15) is 16.1 Å². The van der Waals surface area contributed by atoms with Gasteiger partial charge in [-0.25, -0.2) is 9.37 Å². The van der Waals surface area contributed by atoms with Crippen molar-refractivity contribution in [2.45, 2.75) is 6.54 Å². The molecule has 3 rings (SSSR count). The highest BCUT2D eigenvalue weighted by Crippen LogP contribution is 2.26. The molecule has 0 amide bonds. The maximum absolute atomic E-state index is 13.9. The fourth-order valence-electron chi connectivity index (χ4n) is 2.31. The van der Waals surface area contributed by atoms with Gasteiger partial charge >= 0.3 is 0 Å². The molecular formula is C17H12ClFN2O. The van der Waals surface area contributed by atoms with Gasteiger partial charge in [0.25, 0.3) is 0 Å². The fraction of sp³-hybridized carbons (Fsp3) is 0.0588. The number of hydrogen-bond donors (Lipinski definition) is 0. The number of halogens is 2. The zero-order valence-electron chi connectivity index (χ0n) is 11.5. The largest absolute Gasteiger partial charge is 0.316 e. The Hall–Kier alpha value is -2.46. The normalized spacial score (nSPS) is 10.6. The molecule has 0 spiro atoms. The molecule has 0 aliphatic heterocycles. The van der Waals surface area contributed by atoms with Gasteiger partial charge in [-0.05, 0) is 6.07 Å². The van der Waals surface area contributed by atoms with E-state index in [1.807, 2.05) is 30.3 Å². The number of nitrogens with zero attached hydrogens (tertiary/aromatic N) is 2. The monoisotopic (exact) mass is 314 g/mol. The fourth-order valence-corrected chi connectivity index (χ4v) is 2.54. The molecule has 0 fully saturated rings. The summed E-state index contributed by atoms with van der Waals surface area (Å²) in [4.78, 5) is 15.6. The molecule has 1 aromatic heterocycles. The van der Waals surface area contributed by atoms with Gasteiger partial charge in [-0.1, -0.05) is 60.1 Å². The quantitative estimate of drug-likeness (QED) is 0.676. The zero-order valence-corrected chi connectivity index (χ0v) is 12.3. The van der Waals surface area contributed by atoms with Crippen molar-refractivity contribution in [3.05, 3.63) is 76.8 Å². The van der Waals surface area contributed by atoms with Crippen LogP contribution >= 0.6 is 11.6 Å². The van der Waals surface area contributed by atoms with Crippen LogP contribution in [-0.4, -0.2) is 15.8 Å². The van der Waals surface area contributed by atoms with E-state index in [-0.39, 0.29) is 23.2 Å². The Balaban J connectivity index is 2.13. The lowest BCUT2D eigenvalue weighted by Gasteiger charge is -2.10. The van der Waals surface area contributed by atoms with Crippen LogP contribution in [0.2, 0.25) is 5.15 Å². The molecule has 0 saturated heterocycles. The number of carbonyl (C=O) groups is 1. The van der Waals surface area contributed by atoms with Gasteiger partial charge in [-0.2, -0.15) is 0 Å². The lowest BCUT2D eigenvalue weighted by Crippen LogP contribution is -2.07. The summed E-state index contributed by atoms with van der Waals surface area (Å²) in [6.07, 6.45) is 0.641. The number of hydrogen-bond acceptors (Lipinski definition) is 2. The Kier molecular flexibility index (Phi) is 4.02. The molecule has 1 heterocycles. The highest BCUT2D eigenvalue weighted by molar-refractivity contribution is 6.31. The maximum Gasteiger partial charge on any atom is 0.169 e. The van der Waals surface area contributed by atoms with E-state index in [2.05, 4.69) is 4.98 Å². The van der Waals surface area contributed by atoms with E-state index >= 15 is 0 Å². The van der Waals surface area contributed by atoms with Gasteiger partial charge < -0.3 is 4.57 Å². The second kappa shape index (κ2) is 6.12. The zero-order chi connectivity index (χ0) is 15.5. The molecule has 0 saturated carbocycles. The van der Waals surface area contributed by atoms with Crippen LogP contribution in [0.15, 0.2) is 54.6 Å². The summed E-state index contributed by atoms with van der Waals surface area (Å²) in [7, 11) is 0. The first-order chi connectivity index (χ1) is 10.7. The molecule has 22 heavy (non-hydrogen) atoms. The number of carbonyl (C=O) groups excluding carboxylic acids is 1. The van der Waals surface area contributed by atoms with Crippen LogP contribution in [0.3, 0.4) is 0 Å². The molecule has 0 atom stereocenters. The van der Waals surface area contributed by atoms with Crippen LogP contribution in [0.25, 0.3) is 11.4 Å². The third-order valence-electron chi connectivity index (χ3n) is 3.39. The molecule has 2 aromatic carbocycles. The van der Waals surface area contributed by atoms with Crippen molar-refractivity contribution in [3.8, 4) is 11.4 Å². The summed E-state index contributed by atoms with van der Waals surface area (Å²) >= 11 is 6.05. The van der Waals surface area contributed by atoms with E-state index in [9.17, 15) is 9.18 Å². The third-order valence-corrected chi connectivity index (χ3v) is 3.67. The highest BCUT2D eigenvalue weighted by Gasteiger charge is 2.17. The van der Waals surface area contributed by atoms with Crippen molar-refractivity contribution < 1.29 is 9.18 Å². The van der Waals surface area contributed by atoms with Gasteiger partial charge in [-0.15, -0.1) is 0 Å². The summed E-state index contributed by atoms with van der Waals surface area (Å²) in [5.41, 5.74) is 1.52. The molecule has 0 N–H and O–H groups in total. The molecule has 0 unspecified atom stereocenters. The van der Waals surface area contributed by atoms with Crippen molar-refractivity contribution in [3.63, 3.8) is 0 Å². The molecule has 0 radical (unpaired) electrons. The van der Waals surface area contributed by atoms with Crippen LogP contribution in [-0.2, 0) is 6.54 Å². The van der Waals surface area contributed by atoms with E-state index < -0.39 is 0 Å². The first-order valence-electron chi connectivity index (χ1n) is 6.70. The highest BCUT2D eigenvalue weighted by atomic mass is 35.5. The summed E-state index contributed by atoms with van der Waals surface area (Å²) in [6.45, 7) is 0.185. The molecule has 5 heteroatoms. The van der Waals surface area contributed by atoms with Crippen LogP contribution in [0.4, 0.5) is 4.39 Å². The lowest BCUT2D eigenvalue weighted by atomic mass is 10.2. The number of aldehydes is 1. The number of aromatic nitrogens is 2. The molecule has 110 valence electrons. The SMILES string of the molecule is O=Cc1c(Cl)nc(-c2ccccc2)n1Cc1ccccc1F. The Morgan fingerprint density at radius 1 is 1.09 bits per heavy atom. The van der Waals surface area contributed by atoms with Crippen LogP contribution < -0.4 is 0 Å². The summed E-state index contributed by atoms with van der Waals surface area (Å²) in [6, 6.07) is 15.8. The molecule has 0 bridgehead atoms. The first kappa shape index (κ1) is 14.5. The standard InChI is InChI=1S/C17H12ClFN2O/c18-16-15(11-22)21(10-13-8-4-5-9-14(13)19)17(20-16)12-6-2-1-3-7-12/h1-9,11H,10H2. The minimum Gasteiger partial charge on any atom is -0.316 e. The lowest BCUT2D eigenvalue weighted by molar-refractivity contribution is 0.111. The minimum absolute atomic E-state index is 0.116. The second-order valence-corrected chi connectivity index (χ2v) is 5.13. The van der Waals surface area contributed by atoms with Crippen molar-refractivity contribution in [2.24, 2.45) is 0 Å². The predicted octanol–water partition coefficient (Wildman–Crippen LogP) is 4.20. The van der Waals surface area contributed by atoms with Crippen molar-refractivity contribution in [1.82, 2.24) is 9.55 Å². The molecule has 0 aliphatic carbocycles. The Labute approximate surface area is 132 Å². The second-order valence-electron chi connectivity index (χ2n) is 4.77. The topological polar surface area (TPSA) is 34.9 Å². The van der Waals surface area contributed by atoms with Gasteiger partial charge in [0, 0.05) is 11.1 Å². The molecule has 3 aromatic rings. The third kappa shape index (κ3) is 2.65. The smallest absolute Gasteiger partial charge is 0.169 e. The van der Waals surface area contributed by atoms with E-state index in [0.29, 0.717) is 17.7 Å².